The zero-order chi connectivity index (χ0) is 12.1. The Morgan fingerprint density at radius 2 is 2.47 bits per heavy atom. The fourth-order valence-corrected chi connectivity index (χ4v) is 3.15. The van der Waals surface area contributed by atoms with Crippen LogP contribution in [0.3, 0.4) is 0 Å². The molecule has 1 saturated heterocycles. The van der Waals surface area contributed by atoms with Crippen LogP contribution in [0.5, 0.6) is 0 Å². The third-order valence-corrected chi connectivity index (χ3v) is 4.45. The molecule has 0 aliphatic carbocycles. The van der Waals surface area contributed by atoms with Gasteiger partial charge in [0.05, 0.1) is 5.01 Å². The van der Waals surface area contributed by atoms with E-state index in [2.05, 4.69) is 34.8 Å². The molecule has 0 bridgehead atoms. The molecule has 0 saturated carbocycles. The minimum absolute atomic E-state index is 0.442. The summed E-state index contributed by atoms with van der Waals surface area (Å²) in [6.45, 7) is 8.93. The SMILES string of the molecule is Cc1csc(CCNCC2(C)CCCNC2)n1. The van der Waals surface area contributed by atoms with Crippen LogP contribution < -0.4 is 10.6 Å². The van der Waals surface area contributed by atoms with E-state index in [4.69, 9.17) is 0 Å². The highest BCUT2D eigenvalue weighted by atomic mass is 32.1. The van der Waals surface area contributed by atoms with Gasteiger partial charge < -0.3 is 10.6 Å². The number of piperidine rings is 1. The van der Waals surface area contributed by atoms with Crippen LogP contribution in [-0.2, 0) is 6.42 Å². The normalized spacial score (nSPS) is 25.1. The van der Waals surface area contributed by atoms with Crippen LogP contribution in [0.4, 0.5) is 0 Å². The van der Waals surface area contributed by atoms with Crippen molar-refractivity contribution in [3.63, 3.8) is 0 Å². The van der Waals surface area contributed by atoms with Gasteiger partial charge in [-0.2, -0.15) is 0 Å². The van der Waals surface area contributed by atoms with Crippen molar-refractivity contribution in [2.24, 2.45) is 5.41 Å². The molecule has 3 nitrogen and oxygen atoms in total. The molecule has 1 fully saturated rings. The fraction of sp³-hybridized carbons (Fsp3) is 0.769. The first-order chi connectivity index (χ1) is 8.18. The summed E-state index contributed by atoms with van der Waals surface area (Å²) < 4.78 is 0. The predicted molar refractivity (Wildman–Crippen MR) is 73.6 cm³/mol. The molecule has 2 N–H and O–H groups in total. The van der Waals surface area contributed by atoms with Crippen molar-refractivity contribution in [3.05, 3.63) is 16.1 Å². The maximum Gasteiger partial charge on any atom is 0.0940 e. The molecule has 1 unspecified atom stereocenters. The monoisotopic (exact) mass is 253 g/mol. The van der Waals surface area contributed by atoms with Crippen molar-refractivity contribution in [3.8, 4) is 0 Å². The molecule has 0 aromatic carbocycles. The van der Waals surface area contributed by atoms with Crippen LogP contribution in [-0.4, -0.2) is 31.2 Å². The minimum atomic E-state index is 0.442. The van der Waals surface area contributed by atoms with Gasteiger partial charge in [-0.3, -0.25) is 0 Å². The van der Waals surface area contributed by atoms with E-state index in [9.17, 15) is 0 Å². The third-order valence-electron chi connectivity index (χ3n) is 3.42. The molecule has 4 heteroatoms. The fourth-order valence-electron chi connectivity index (χ4n) is 2.37. The number of nitrogens with one attached hydrogen (secondary N) is 2. The zero-order valence-electron chi connectivity index (χ0n) is 10.9. The van der Waals surface area contributed by atoms with Gasteiger partial charge in [-0.1, -0.05) is 6.92 Å². The Balaban J connectivity index is 1.65. The van der Waals surface area contributed by atoms with Crippen molar-refractivity contribution in [2.75, 3.05) is 26.2 Å². The van der Waals surface area contributed by atoms with E-state index in [1.54, 1.807) is 11.3 Å². The Morgan fingerprint density at radius 1 is 1.59 bits per heavy atom. The topological polar surface area (TPSA) is 37.0 Å². The molecule has 2 heterocycles. The van der Waals surface area contributed by atoms with Crippen LogP contribution in [0.25, 0.3) is 0 Å². The summed E-state index contributed by atoms with van der Waals surface area (Å²) in [4.78, 5) is 4.48. The van der Waals surface area contributed by atoms with E-state index in [0.717, 1.165) is 31.7 Å². The van der Waals surface area contributed by atoms with Gasteiger partial charge in [-0.25, -0.2) is 4.98 Å². The summed E-state index contributed by atoms with van der Waals surface area (Å²) in [6.07, 6.45) is 3.70. The van der Waals surface area contributed by atoms with Gasteiger partial charge in [0.1, 0.15) is 0 Å². The van der Waals surface area contributed by atoms with Gasteiger partial charge in [-0.15, -0.1) is 11.3 Å². The summed E-state index contributed by atoms with van der Waals surface area (Å²) in [5, 5.41) is 10.4. The van der Waals surface area contributed by atoms with E-state index >= 15 is 0 Å². The van der Waals surface area contributed by atoms with Crippen molar-refractivity contribution in [1.82, 2.24) is 15.6 Å². The predicted octanol–water partition coefficient (Wildman–Crippen LogP) is 1.97. The highest BCUT2D eigenvalue weighted by Gasteiger charge is 2.25. The largest absolute Gasteiger partial charge is 0.316 e. The second-order valence-corrected chi connectivity index (χ2v) is 6.34. The van der Waals surface area contributed by atoms with Gasteiger partial charge >= 0.3 is 0 Å². The standard InChI is InChI=1S/C13H23N3S/c1-11-8-17-12(16-11)4-7-15-10-13(2)5-3-6-14-9-13/h8,14-15H,3-7,9-10H2,1-2H3. The lowest BCUT2D eigenvalue weighted by atomic mass is 9.83. The Hall–Kier alpha value is -0.450. The van der Waals surface area contributed by atoms with Crippen LogP contribution >= 0.6 is 11.3 Å². The summed E-state index contributed by atoms with van der Waals surface area (Å²) >= 11 is 1.77. The summed E-state index contributed by atoms with van der Waals surface area (Å²) in [7, 11) is 0. The van der Waals surface area contributed by atoms with E-state index < -0.39 is 0 Å². The maximum absolute atomic E-state index is 4.48. The second-order valence-electron chi connectivity index (χ2n) is 5.40. The minimum Gasteiger partial charge on any atom is -0.316 e. The quantitative estimate of drug-likeness (QED) is 0.788. The van der Waals surface area contributed by atoms with E-state index in [-0.39, 0.29) is 0 Å². The molecule has 17 heavy (non-hydrogen) atoms. The van der Waals surface area contributed by atoms with E-state index in [1.165, 1.54) is 24.4 Å². The number of nitrogens with zero attached hydrogens (tertiary/aromatic N) is 1. The van der Waals surface area contributed by atoms with Crippen LogP contribution in [0.1, 0.15) is 30.5 Å². The molecule has 1 atom stereocenters. The van der Waals surface area contributed by atoms with Gasteiger partial charge in [0.25, 0.3) is 0 Å². The Bertz CT molecular complexity index is 342. The Labute approximate surface area is 108 Å². The van der Waals surface area contributed by atoms with Crippen LogP contribution in [0.2, 0.25) is 0 Å². The molecule has 1 aromatic heterocycles. The summed E-state index contributed by atoms with van der Waals surface area (Å²) in [6, 6.07) is 0. The van der Waals surface area contributed by atoms with Gasteiger partial charge in [-0.05, 0) is 31.7 Å². The molecule has 1 aliphatic rings. The molecular weight excluding hydrogens is 230 g/mol. The number of hydrogen-bond donors (Lipinski definition) is 2. The van der Waals surface area contributed by atoms with Crippen molar-refractivity contribution >= 4 is 11.3 Å². The first kappa shape index (κ1) is 13.0. The Morgan fingerprint density at radius 3 is 3.12 bits per heavy atom. The Kier molecular flexibility index (Phi) is 4.54. The summed E-state index contributed by atoms with van der Waals surface area (Å²) in [5.74, 6) is 0. The van der Waals surface area contributed by atoms with Gasteiger partial charge in [0, 0.05) is 37.1 Å². The number of aryl methyl sites for hydroxylation is 1. The molecular formula is C13H23N3S. The van der Waals surface area contributed by atoms with Crippen molar-refractivity contribution in [2.45, 2.75) is 33.1 Å². The lowest BCUT2D eigenvalue weighted by Crippen LogP contribution is -2.44. The molecule has 0 amide bonds. The number of rotatable bonds is 5. The highest BCUT2D eigenvalue weighted by molar-refractivity contribution is 7.09. The average Bonchev–Trinajstić information content (AvgIpc) is 2.72. The first-order valence-corrected chi connectivity index (χ1v) is 7.38. The molecule has 2 rings (SSSR count). The molecule has 0 radical (unpaired) electrons. The molecule has 1 aliphatic heterocycles. The number of thiazole rings is 1. The zero-order valence-corrected chi connectivity index (χ0v) is 11.7. The third kappa shape index (κ3) is 4.05. The first-order valence-electron chi connectivity index (χ1n) is 6.50. The van der Waals surface area contributed by atoms with Crippen LogP contribution in [0, 0.1) is 12.3 Å². The molecule has 1 aromatic rings. The van der Waals surface area contributed by atoms with Crippen molar-refractivity contribution in [1.29, 1.82) is 0 Å². The number of hydrogen-bond acceptors (Lipinski definition) is 4. The summed E-state index contributed by atoms with van der Waals surface area (Å²) in [5.41, 5.74) is 1.59. The van der Waals surface area contributed by atoms with Crippen molar-refractivity contribution < 1.29 is 0 Å². The van der Waals surface area contributed by atoms with E-state index in [0.29, 0.717) is 5.41 Å². The highest BCUT2D eigenvalue weighted by Crippen LogP contribution is 2.24. The number of aromatic nitrogens is 1. The van der Waals surface area contributed by atoms with E-state index in [1.807, 2.05) is 0 Å². The maximum atomic E-state index is 4.48. The average molecular weight is 253 g/mol. The molecule has 0 spiro atoms. The van der Waals surface area contributed by atoms with Crippen LogP contribution in [0.15, 0.2) is 5.38 Å². The van der Waals surface area contributed by atoms with Gasteiger partial charge in [0.2, 0.25) is 0 Å². The lowest BCUT2D eigenvalue weighted by molar-refractivity contribution is 0.227. The smallest absolute Gasteiger partial charge is 0.0940 e. The van der Waals surface area contributed by atoms with Gasteiger partial charge in [0.15, 0.2) is 0 Å². The second kappa shape index (κ2) is 5.94. The lowest BCUT2D eigenvalue weighted by Gasteiger charge is -2.34. The molecule has 96 valence electrons.